The SMILES string of the molecule is CCNc1ncnc(Oc2c(F)cccc2[N+](=O)[O-])c1Br. The van der Waals surface area contributed by atoms with Gasteiger partial charge in [0, 0.05) is 12.6 Å². The van der Waals surface area contributed by atoms with Crippen LogP contribution < -0.4 is 10.1 Å². The second kappa shape index (κ2) is 6.44. The maximum atomic E-state index is 13.8. The molecule has 0 atom stereocenters. The van der Waals surface area contributed by atoms with Gasteiger partial charge < -0.3 is 10.1 Å². The van der Waals surface area contributed by atoms with Crippen molar-refractivity contribution in [2.24, 2.45) is 0 Å². The number of ether oxygens (including phenoxy) is 1. The average Bonchev–Trinajstić information content (AvgIpc) is 2.45. The number of hydrogen-bond donors (Lipinski definition) is 1. The van der Waals surface area contributed by atoms with E-state index in [1.807, 2.05) is 6.92 Å². The van der Waals surface area contributed by atoms with Gasteiger partial charge >= 0.3 is 5.69 Å². The summed E-state index contributed by atoms with van der Waals surface area (Å²) in [5.74, 6) is -0.917. The zero-order chi connectivity index (χ0) is 15.4. The van der Waals surface area contributed by atoms with E-state index in [4.69, 9.17) is 4.74 Å². The summed E-state index contributed by atoms with van der Waals surface area (Å²) in [6.45, 7) is 2.48. The summed E-state index contributed by atoms with van der Waals surface area (Å²) in [5.41, 5.74) is -0.481. The normalized spacial score (nSPS) is 10.2. The van der Waals surface area contributed by atoms with E-state index in [0.29, 0.717) is 16.8 Å². The Labute approximate surface area is 127 Å². The molecule has 0 amide bonds. The van der Waals surface area contributed by atoms with E-state index in [1.54, 1.807) is 0 Å². The van der Waals surface area contributed by atoms with Crippen LogP contribution in [0, 0.1) is 15.9 Å². The monoisotopic (exact) mass is 356 g/mol. The second-order valence-electron chi connectivity index (χ2n) is 3.82. The lowest BCUT2D eigenvalue weighted by molar-refractivity contribution is -0.385. The summed E-state index contributed by atoms with van der Waals surface area (Å²) < 4.78 is 19.4. The van der Waals surface area contributed by atoms with Crippen LogP contribution in [0.3, 0.4) is 0 Å². The van der Waals surface area contributed by atoms with Gasteiger partial charge in [0.15, 0.2) is 5.82 Å². The van der Waals surface area contributed by atoms with Gasteiger partial charge in [-0.1, -0.05) is 6.07 Å². The summed E-state index contributed by atoms with van der Waals surface area (Å²) in [5, 5.41) is 13.9. The number of anilines is 1. The first-order valence-corrected chi connectivity index (χ1v) is 6.69. The number of rotatable bonds is 5. The molecule has 1 N–H and O–H groups in total. The van der Waals surface area contributed by atoms with Crippen molar-refractivity contribution in [2.75, 3.05) is 11.9 Å². The third-order valence-electron chi connectivity index (χ3n) is 2.44. The molecule has 0 spiro atoms. The van der Waals surface area contributed by atoms with Crippen LogP contribution in [0.5, 0.6) is 11.6 Å². The van der Waals surface area contributed by atoms with Crippen LogP contribution >= 0.6 is 15.9 Å². The molecular formula is C12H10BrFN4O3. The third-order valence-corrected chi connectivity index (χ3v) is 3.16. The molecule has 1 aromatic carbocycles. The third kappa shape index (κ3) is 3.24. The van der Waals surface area contributed by atoms with Crippen LogP contribution in [0.4, 0.5) is 15.9 Å². The molecule has 0 aliphatic heterocycles. The maximum absolute atomic E-state index is 13.8. The first-order valence-electron chi connectivity index (χ1n) is 5.89. The molecule has 0 unspecified atom stereocenters. The Bertz CT molecular complexity index is 684. The highest BCUT2D eigenvalue weighted by Crippen LogP contribution is 2.37. The molecule has 1 heterocycles. The molecule has 0 fully saturated rings. The van der Waals surface area contributed by atoms with E-state index >= 15 is 0 Å². The first kappa shape index (κ1) is 15.1. The summed E-state index contributed by atoms with van der Waals surface area (Å²) in [7, 11) is 0. The minimum absolute atomic E-state index is 0.0193. The van der Waals surface area contributed by atoms with Crippen LogP contribution in [-0.2, 0) is 0 Å². The van der Waals surface area contributed by atoms with Gasteiger partial charge in [-0.25, -0.2) is 14.4 Å². The number of hydrogen-bond acceptors (Lipinski definition) is 6. The van der Waals surface area contributed by atoms with Crippen molar-refractivity contribution in [1.82, 2.24) is 9.97 Å². The molecule has 0 aliphatic rings. The van der Waals surface area contributed by atoms with Crippen LogP contribution in [0.15, 0.2) is 29.0 Å². The minimum atomic E-state index is -0.847. The molecule has 0 aliphatic carbocycles. The number of nitro groups is 1. The zero-order valence-electron chi connectivity index (χ0n) is 10.8. The molecule has 9 heteroatoms. The Hall–Kier alpha value is -2.29. The molecule has 0 saturated heterocycles. The number of nitro benzene ring substituents is 1. The highest BCUT2D eigenvalue weighted by molar-refractivity contribution is 9.10. The van der Waals surface area contributed by atoms with Gasteiger partial charge in [0.2, 0.25) is 11.6 Å². The van der Waals surface area contributed by atoms with E-state index in [2.05, 4.69) is 31.2 Å². The van der Waals surface area contributed by atoms with Crippen molar-refractivity contribution in [1.29, 1.82) is 0 Å². The van der Waals surface area contributed by atoms with Gasteiger partial charge in [0.1, 0.15) is 16.6 Å². The van der Waals surface area contributed by atoms with E-state index in [-0.39, 0.29) is 5.88 Å². The van der Waals surface area contributed by atoms with Gasteiger partial charge in [-0.2, -0.15) is 0 Å². The zero-order valence-corrected chi connectivity index (χ0v) is 12.4. The van der Waals surface area contributed by atoms with Crippen molar-refractivity contribution in [3.8, 4) is 11.6 Å². The average molecular weight is 357 g/mol. The quantitative estimate of drug-likeness (QED) is 0.651. The largest absolute Gasteiger partial charge is 0.427 e. The van der Waals surface area contributed by atoms with Crippen molar-refractivity contribution in [2.45, 2.75) is 6.92 Å². The van der Waals surface area contributed by atoms with Crippen LogP contribution in [0.2, 0.25) is 0 Å². The predicted octanol–water partition coefficient (Wildman–Crippen LogP) is 3.51. The molecule has 2 rings (SSSR count). The lowest BCUT2D eigenvalue weighted by atomic mass is 10.3. The van der Waals surface area contributed by atoms with Crippen molar-refractivity contribution in [3.05, 3.63) is 44.9 Å². The molecule has 21 heavy (non-hydrogen) atoms. The van der Waals surface area contributed by atoms with Crippen molar-refractivity contribution in [3.63, 3.8) is 0 Å². The topological polar surface area (TPSA) is 90.2 Å². The number of benzene rings is 1. The van der Waals surface area contributed by atoms with E-state index in [0.717, 1.165) is 12.1 Å². The molecule has 110 valence electrons. The van der Waals surface area contributed by atoms with Gasteiger partial charge in [-0.15, -0.1) is 0 Å². The Morgan fingerprint density at radius 1 is 1.48 bits per heavy atom. The Morgan fingerprint density at radius 3 is 2.90 bits per heavy atom. The molecule has 0 bridgehead atoms. The maximum Gasteiger partial charge on any atom is 0.314 e. The predicted molar refractivity (Wildman–Crippen MR) is 77.0 cm³/mol. The van der Waals surface area contributed by atoms with Gasteiger partial charge in [0.05, 0.1) is 4.92 Å². The molecule has 1 aromatic heterocycles. The summed E-state index contributed by atoms with van der Waals surface area (Å²) in [6, 6.07) is 3.46. The molecule has 0 saturated carbocycles. The van der Waals surface area contributed by atoms with Crippen LogP contribution in [-0.4, -0.2) is 21.4 Å². The van der Waals surface area contributed by atoms with Gasteiger partial charge in [-0.3, -0.25) is 10.1 Å². The van der Waals surface area contributed by atoms with Crippen LogP contribution in [0.25, 0.3) is 0 Å². The first-order chi connectivity index (χ1) is 10.0. The number of para-hydroxylation sites is 1. The van der Waals surface area contributed by atoms with Crippen molar-refractivity contribution >= 4 is 27.4 Å². The number of halogens is 2. The standard InChI is InChI=1S/C12H10BrFN4O3/c1-2-15-11-9(13)12(17-6-16-11)21-10-7(14)4-3-5-8(10)18(19)20/h3-6H,2H2,1H3,(H,15,16,17). The smallest absolute Gasteiger partial charge is 0.314 e. The van der Waals surface area contributed by atoms with E-state index in [9.17, 15) is 14.5 Å². The van der Waals surface area contributed by atoms with Gasteiger partial charge in [0.25, 0.3) is 0 Å². The summed E-state index contributed by atoms with van der Waals surface area (Å²) in [6.07, 6.45) is 1.21. The fourth-order valence-electron chi connectivity index (χ4n) is 1.55. The lowest BCUT2D eigenvalue weighted by Crippen LogP contribution is -2.03. The fraction of sp³-hybridized carbons (Fsp3) is 0.167. The van der Waals surface area contributed by atoms with E-state index < -0.39 is 22.2 Å². The molecular weight excluding hydrogens is 347 g/mol. The summed E-state index contributed by atoms with van der Waals surface area (Å²) in [4.78, 5) is 18.0. The number of nitrogens with zero attached hydrogens (tertiary/aromatic N) is 3. The minimum Gasteiger partial charge on any atom is -0.427 e. The van der Waals surface area contributed by atoms with Gasteiger partial charge in [-0.05, 0) is 28.9 Å². The lowest BCUT2D eigenvalue weighted by Gasteiger charge is -2.10. The number of aromatic nitrogens is 2. The van der Waals surface area contributed by atoms with Crippen molar-refractivity contribution < 1.29 is 14.1 Å². The molecule has 7 nitrogen and oxygen atoms in total. The molecule has 2 aromatic rings. The Kier molecular flexibility index (Phi) is 4.63. The Balaban J connectivity index is 2.44. The van der Waals surface area contributed by atoms with Crippen LogP contribution in [0.1, 0.15) is 6.92 Å². The molecule has 0 radical (unpaired) electrons. The van der Waals surface area contributed by atoms with E-state index in [1.165, 1.54) is 12.4 Å². The fourth-order valence-corrected chi connectivity index (χ4v) is 1.98. The summed E-state index contributed by atoms with van der Waals surface area (Å²) >= 11 is 3.22. The number of nitrogens with one attached hydrogen (secondary N) is 1. The highest BCUT2D eigenvalue weighted by atomic mass is 79.9. The second-order valence-corrected chi connectivity index (χ2v) is 4.61. The highest BCUT2D eigenvalue weighted by Gasteiger charge is 2.22. The Morgan fingerprint density at radius 2 is 2.24 bits per heavy atom.